The van der Waals surface area contributed by atoms with Crippen molar-refractivity contribution in [2.75, 3.05) is 12.4 Å². The Bertz CT molecular complexity index is 692. The molecule has 5 nitrogen and oxygen atoms in total. The van der Waals surface area contributed by atoms with Crippen molar-refractivity contribution < 1.29 is 0 Å². The molecule has 2 aromatic heterocycles. The van der Waals surface area contributed by atoms with Crippen LogP contribution in [0.1, 0.15) is 5.01 Å². The molecule has 0 aliphatic heterocycles. The molecular formula is C12H11N5S2. The quantitative estimate of drug-likeness (QED) is 0.588. The first-order valence-electron chi connectivity index (χ1n) is 5.69. The van der Waals surface area contributed by atoms with E-state index in [1.54, 1.807) is 29.4 Å². The zero-order valence-electron chi connectivity index (χ0n) is 10.2. The number of hydrogen-bond acceptors (Lipinski definition) is 7. The summed E-state index contributed by atoms with van der Waals surface area (Å²) in [5.74, 6) is 0.764. The lowest BCUT2D eigenvalue weighted by Gasteiger charge is -2.02. The topological polar surface area (TPSA) is 63.6 Å². The minimum absolute atomic E-state index is 0.764. The van der Waals surface area contributed by atoms with Crippen LogP contribution in [-0.4, -0.2) is 27.2 Å². The van der Waals surface area contributed by atoms with Gasteiger partial charge in [0.05, 0.1) is 11.3 Å². The van der Waals surface area contributed by atoms with Gasteiger partial charge in [0, 0.05) is 12.4 Å². The van der Waals surface area contributed by atoms with Gasteiger partial charge in [0.2, 0.25) is 5.13 Å². The third-order valence-corrected chi connectivity index (χ3v) is 4.66. The first-order valence-corrected chi connectivity index (χ1v) is 7.49. The largest absolute Gasteiger partial charge is 0.363 e. The molecule has 7 heteroatoms. The number of rotatable bonds is 4. The van der Waals surface area contributed by atoms with Crippen LogP contribution in [0.2, 0.25) is 0 Å². The summed E-state index contributed by atoms with van der Waals surface area (Å²) in [5.41, 5.74) is 0.966. The van der Waals surface area contributed by atoms with Crippen molar-refractivity contribution in [2.24, 2.45) is 0 Å². The van der Waals surface area contributed by atoms with Crippen LogP contribution in [0.25, 0.3) is 10.9 Å². The van der Waals surface area contributed by atoms with Crippen LogP contribution < -0.4 is 5.32 Å². The standard InChI is InChI=1S/C12H11N5S2/c1-13-12-17-16-10(19-12)6-18-11-8-4-2-3-5-9(8)14-7-15-11/h2-5,7H,6H2,1H3,(H,13,17). The molecule has 19 heavy (non-hydrogen) atoms. The van der Waals surface area contributed by atoms with E-state index < -0.39 is 0 Å². The lowest BCUT2D eigenvalue weighted by atomic mass is 10.2. The van der Waals surface area contributed by atoms with Gasteiger partial charge in [-0.3, -0.25) is 0 Å². The molecule has 0 aliphatic carbocycles. The molecule has 1 N–H and O–H groups in total. The number of nitrogens with zero attached hydrogens (tertiary/aromatic N) is 4. The van der Waals surface area contributed by atoms with Crippen molar-refractivity contribution in [3.05, 3.63) is 35.6 Å². The van der Waals surface area contributed by atoms with E-state index >= 15 is 0 Å². The number of benzene rings is 1. The fraction of sp³-hybridized carbons (Fsp3) is 0.167. The van der Waals surface area contributed by atoms with Crippen LogP contribution in [-0.2, 0) is 5.75 Å². The van der Waals surface area contributed by atoms with Crippen LogP contribution in [0.5, 0.6) is 0 Å². The Kier molecular flexibility index (Phi) is 3.56. The summed E-state index contributed by atoms with van der Waals surface area (Å²) < 4.78 is 0. The summed E-state index contributed by atoms with van der Waals surface area (Å²) in [6.45, 7) is 0. The summed E-state index contributed by atoms with van der Waals surface area (Å²) in [7, 11) is 1.84. The highest BCUT2D eigenvalue weighted by atomic mass is 32.2. The Balaban J connectivity index is 1.81. The van der Waals surface area contributed by atoms with E-state index in [0.717, 1.165) is 31.8 Å². The maximum atomic E-state index is 4.34. The molecule has 96 valence electrons. The van der Waals surface area contributed by atoms with Gasteiger partial charge in [0.1, 0.15) is 16.4 Å². The van der Waals surface area contributed by atoms with Crippen molar-refractivity contribution in [2.45, 2.75) is 10.8 Å². The van der Waals surface area contributed by atoms with Crippen LogP contribution >= 0.6 is 23.1 Å². The van der Waals surface area contributed by atoms with E-state index in [4.69, 9.17) is 0 Å². The Morgan fingerprint density at radius 2 is 2.11 bits per heavy atom. The number of para-hydroxylation sites is 1. The zero-order chi connectivity index (χ0) is 13.1. The summed E-state index contributed by atoms with van der Waals surface area (Å²) in [6.07, 6.45) is 1.60. The number of nitrogens with one attached hydrogen (secondary N) is 1. The third kappa shape index (κ3) is 2.66. The molecule has 0 bridgehead atoms. The number of fused-ring (bicyclic) bond motifs is 1. The lowest BCUT2D eigenvalue weighted by Crippen LogP contribution is -1.87. The normalized spacial score (nSPS) is 10.8. The van der Waals surface area contributed by atoms with Gasteiger partial charge in [-0.2, -0.15) is 0 Å². The van der Waals surface area contributed by atoms with Crippen LogP contribution in [0.15, 0.2) is 35.6 Å². The minimum atomic E-state index is 0.764. The van der Waals surface area contributed by atoms with Crippen LogP contribution in [0.3, 0.4) is 0 Å². The van der Waals surface area contributed by atoms with Crippen molar-refractivity contribution >= 4 is 39.1 Å². The van der Waals surface area contributed by atoms with E-state index in [0.29, 0.717) is 0 Å². The predicted octanol–water partition coefficient (Wildman–Crippen LogP) is 2.82. The van der Waals surface area contributed by atoms with Gasteiger partial charge in [-0.25, -0.2) is 9.97 Å². The van der Waals surface area contributed by atoms with E-state index in [1.165, 1.54) is 0 Å². The maximum absolute atomic E-state index is 4.34. The monoisotopic (exact) mass is 289 g/mol. The van der Waals surface area contributed by atoms with Gasteiger partial charge < -0.3 is 5.32 Å². The van der Waals surface area contributed by atoms with Crippen molar-refractivity contribution in [3.8, 4) is 0 Å². The van der Waals surface area contributed by atoms with Gasteiger partial charge >= 0.3 is 0 Å². The molecule has 0 saturated carbocycles. The molecule has 0 atom stereocenters. The second-order valence-electron chi connectivity index (χ2n) is 3.74. The van der Waals surface area contributed by atoms with E-state index in [2.05, 4.69) is 25.5 Å². The smallest absolute Gasteiger partial charge is 0.205 e. The first kappa shape index (κ1) is 12.3. The highest BCUT2D eigenvalue weighted by Crippen LogP contribution is 2.28. The summed E-state index contributed by atoms with van der Waals surface area (Å²) in [4.78, 5) is 8.60. The van der Waals surface area contributed by atoms with Crippen molar-refractivity contribution in [1.82, 2.24) is 20.2 Å². The zero-order valence-corrected chi connectivity index (χ0v) is 11.8. The molecule has 0 fully saturated rings. The fourth-order valence-corrected chi connectivity index (χ4v) is 3.31. The second-order valence-corrected chi connectivity index (χ2v) is 5.76. The number of hydrogen-bond donors (Lipinski definition) is 1. The van der Waals surface area contributed by atoms with Gasteiger partial charge in [0.25, 0.3) is 0 Å². The van der Waals surface area contributed by atoms with Gasteiger partial charge in [-0.1, -0.05) is 41.3 Å². The average molecular weight is 289 g/mol. The average Bonchev–Trinajstić information content (AvgIpc) is 2.93. The predicted molar refractivity (Wildman–Crippen MR) is 78.6 cm³/mol. The third-order valence-electron chi connectivity index (χ3n) is 2.52. The molecule has 3 aromatic rings. The number of thioether (sulfide) groups is 1. The Labute approximate surface area is 118 Å². The summed E-state index contributed by atoms with van der Waals surface area (Å²) in [6, 6.07) is 8.01. The number of aromatic nitrogens is 4. The molecule has 0 spiro atoms. The fourth-order valence-electron chi connectivity index (χ4n) is 1.64. The summed E-state index contributed by atoms with van der Waals surface area (Å²) in [5, 5.41) is 15.0. The molecule has 0 aliphatic rings. The second kappa shape index (κ2) is 5.50. The van der Waals surface area contributed by atoms with E-state index in [-0.39, 0.29) is 0 Å². The highest BCUT2D eigenvalue weighted by Gasteiger charge is 2.07. The van der Waals surface area contributed by atoms with Crippen molar-refractivity contribution in [1.29, 1.82) is 0 Å². The minimum Gasteiger partial charge on any atom is -0.363 e. The van der Waals surface area contributed by atoms with E-state index in [9.17, 15) is 0 Å². The molecule has 2 heterocycles. The Hall–Kier alpha value is -1.73. The highest BCUT2D eigenvalue weighted by molar-refractivity contribution is 7.98. The maximum Gasteiger partial charge on any atom is 0.205 e. The van der Waals surface area contributed by atoms with Gasteiger partial charge in [-0.15, -0.1) is 10.2 Å². The van der Waals surface area contributed by atoms with E-state index in [1.807, 2.05) is 31.3 Å². The SMILES string of the molecule is CNc1nnc(CSc2ncnc3ccccc23)s1. The molecule has 3 rings (SSSR count). The van der Waals surface area contributed by atoms with Gasteiger partial charge in [-0.05, 0) is 6.07 Å². The molecule has 0 radical (unpaired) electrons. The molecule has 1 aromatic carbocycles. The summed E-state index contributed by atoms with van der Waals surface area (Å²) >= 11 is 3.22. The number of anilines is 1. The van der Waals surface area contributed by atoms with Crippen molar-refractivity contribution in [3.63, 3.8) is 0 Å². The first-order chi connectivity index (χ1) is 9.36. The van der Waals surface area contributed by atoms with Crippen LogP contribution in [0.4, 0.5) is 5.13 Å². The van der Waals surface area contributed by atoms with Gasteiger partial charge in [0.15, 0.2) is 0 Å². The lowest BCUT2D eigenvalue weighted by molar-refractivity contribution is 1.04. The molecule has 0 saturated heterocycles. The Morgan fingerprint density at radius 3 is 2.95 bits per heavy atom. The molecular weight excluding hydrogens is 278 g/mol. The molecule has 0 amide bonds. The van der Waals surface area contributed by atoms with Crippen LogP contribution in [0, 0.1) is 0 Å². The molecule has 0 unspecified atom stereocenters. The Morgan fingerprint density at radius 1 is 1.21 bits per heavy atom.